The van der Waals surface area contributed by atoms with Gasteiger partial charge in [-0.15, -0.1) is 0 Å². The SMILES string of the molecule is CCCc1cc(=O)oc2c(F)cc(F)cc12. The van der Waals surface area contributed by atoms with Crippen LogP contribution in [-0.2, 0) is 6.42 Å². The maximum absolute atomic E-state index is 13.4. The summed E-state index contributed by atoms with van der Waals surface area (Å²) >= 11 is 0. The highest BCUT2D eigenvalue weighted by Crippen LogP contribution is 2.22. The van der Waals surface area contributed by atoms with Crippen LogP contribution >= 0.6 is 0 Å². The maximum Gasteiger partial charge on any atom is 0.336 e. The summed E-state index contributed by atoms with van der Waals surface area (Å²) in [7, 11) is 0. The fourth-order valence-corrected chi connectivity index (χ4v) is 1.73. The van der Waals surface area contributed by atoms with E-state index < -0.39 is 17.3 Å². The molecule has 16 heavy (non-hydrogen) atoms. The third kappa shape index (κ3) is 1.83. The minimum absolute atomic E-state index is 0.169. The number of aryl methyl sites for hydroxylation is 1. The van der Waals surface area contributed by atoms with Crippen LogP contribution in [0.5, 0.6) is 0 Å². The van der Waals surface area contributed by atoms with Crippen molar-refractivity contribution in [2.45, 2.75) is 19.8 Å². The molecule has 0 aliphatic heterocycles. The summed E-state index contributed by atoms with van der Waals surface area (Å²) in [4.78, 5) is 11.2. The Morgan fingerprint density at radius 2 is 2.00 bits per heavy atom. The van der Waals surface area contributed by atoms with Crippen molar-refractivity contribution in [3.8, 4) is 0 Å². The second-order valence-electron chi connectivity index (χ2n) is 3.60. The van der Waals surface area contributed by atoms with Crippen molar-refractivity contribution in [3.63, 3.8) is 0 Å². The van der Waals surface area contributed by atoms with Crippen molar-refractivity contribution < 1.29 is 13.2 Å². The fraction of sp³-hybridized carbons (Fsp3) is 0.250. The van der Waals surface area contributed by atoms with E-state index in [1.165, 1.54) is 12.1 Å². The largest absolute Gasteiger partial charge is 0.420 e. The summed E-state index contributed by atoms with van der Waals surface area (Å²) in [6.45, 7) is 1.93. The second-order valence-corrected chi connectivity index (χ2v) is 3.60. The van der Waals surface area contributed by atoms with Crippen LogP contribution in [0.25, 0.3) is 11.0 Å². The number of benzene rings is 1. The number of halogens is 2. The van der Waals surface area contributed by atoms with Crippen molar-refractivity contribution in [1.29, 1.82) is 0 Å². The first-order valence-electron chi connectivity index (χ1n) is 5.03. The van der Waals surface area contributed by atoms with Crippen LogP contribution in [0.3, 0.4) is 0 Å². The van der Waals surface area contributed by atoms with E-state index in [2.05, 4.69) is 0 Å². The van der Waals surface area contributed by atoms with E-state index in [-0.39, 0.29) is 5.58 Å². The van der Waals surface area contributed by atoms with Crippen molar-refractivity contribution in [2.75, 3.05) is 0 Å². The maximum atomic E-state index is 13.4. The van der Waals surface area contributed by atoms with Crippen molar-refractivity contribution in [1.82, 2.24) is 0 Å². The first-order chi connectivity index (χ1) is 7.61. The lowest BCUT2D eigenvalue weighted by Crippen LogP contribution is -2.02. The van der Waals surface area contributed by atoms with Gasteiger partial charge in [-0.2, -0.15) is 0 Å². The zero-order valence-corrected chi connectivity index (χ0v) is 8.72. The van der Waals surface area contributed by atoms with E-state index >= 15 is 0 Å². The second kappa shape index (κ2) is 4.04. The fourth-order valence-electron chi connectivity index (χ4n) is 1.73. The summed E-state index contributed by atoms with van der Waals surface area (Å²) in [6.07, 6.45) is 1.38. The zero-order chi connectivity index (χ0) is 11.7. The number of fused-ring (bicyclic) bond motifs is 1. The minimum Gasteiger partial charge on any atom is -0.420 e. The van der Waals surface area contributed by atoms with Crippen LogP contribution in [-0.4, -0.2) is 0 Å². The molecule has 0 fully saturated rings. The van der Waals surface area contributed by atoms with Gasteiger partial charge in [0.2, 0.25) is 0 Å². The summed E-state index contributed by atoms with van der Waals surface area (Å²) in [6, 6.07) is 3.18. The van der Waals surface area contributed by atoms with Crippen LogP contribution in [0.2, 0.25) is 0 Å². The number of rotatable bonds is 2. The molecule has 84 valence electrons. The smallest absolute Gasteiger partial charge is 0.336 e. The van der Waals surface area contributed by atoms with Gasteiger partial charge in [-0.25, -0.2) is 13.6 Å². The van der Waals surface area contributed by atoms with E-state index in [1.54, 1.807) is 0 Å². The molecule has 4 heteroatoms. The number of hydrogen-bond donors (Lipinski definition) is 0. The van der Waals surface area contributed by atoms with E-state index in [1.807, 2.05) is 6.92 Å². The third-order valence-electron chi connectivity index (χ3n) is 2.37. The molecule has 0 unspecified atom stereocenters. The highest BCUT2D eigenvalue weighted by Gasteiger charge is 2.11. The third-order valence-corrected chi connectivity index (χ3v) is 2.37. The van der Waals surface area contributed by atoms with Crippen LogP contribution in [0.15, 0.2) is 27.4 Å². The molecular weight excluding hydrogens is 214 g/mol. The molecule has 0 saturated carbocycles. The Bertz CT molecular complexity index is 587. The molecule has 1 aromatic heterocycles. The molecule has 2 aromatic rings. The van der Waals surface area contributed by atoms with Crippen molar-refractivity contribution >= 4 is 11.0 Å². The molecule has 2 rings (SSSR count). The Morgan fingerprint density at radius 3 is 2.69 bits per heavy atom. The van der Waals surface area contributed by atoms with Gasteiger partial charge in [0.15, 0.2) is 11.4 Å². The lowest BCUT2D eigenvalue weighted by atomic mass is 10.1. The topological polar surface area (TPSA) is 30.2 Å². The molecule has 0 N–H and O–H groups in total. The molecule has 0 bridgehead atoms. The van der Waals surface area contributed by atoms with E-state index in [4.69, 9.17) is 4.42 Å². The normalized spacial score (nSPS) is 10.9. The van der Waals surface area contributed by atoms with Gasteiger partial charge in [0.05, 0.1) is 0 Å². The predicted molar refractivity (Wildman–Crippen MR) is 56.4 cm³/mol. The van der Waals surface area contributed by atoms with Gasteiger partial charge in [-0.1, -0.05) is 13.3 Å². The Morgan fingerprint density at radius 1 is 1.25 bits per heavy atom. The summed E-state index contributed by atoms with van der Waals surface area (Å²) in [5, 5.41) is 0.332. The number of hydrogen-bond acceptors (Lipinski definition) is 2. The molecular formula is C12H10F2O2. The summed E-state index contributed by atoms with van der Waals surface area (Å²) in [5.74, 6) is -1.51. The summed E-state index contributed by atoms with van der Waals surface area (Å²) < 4.78 is 31.2. The van der Waals surface area contributed by atoms with Crippen molar-refractivity contribution in [3.05, 3.63) is 45.8 Å². The molecule has 0 aliphatic rings. The van der Waals surface area contributed by atoms with Gasteiger partial charge in [0.1, 0.15) is 5.82 Å². The highest BCUT2D eigenvalue weighted by molar-refractivity contribution is 5.80. The van der Waals surface area contributed by atoms with Gasteiger partial charge >= 0.3 is 5.63 Å². The molecule has 0 amide bonds. The first kappa shape index (κ1) is 10.8. The zero-order valence-electron chi connectivity index (χ0n) is 8.72. The van der Waals surface area contributed by atoms with E-state index in [0.717, 1.165) is 6.42 Å². The standard InChI is InChI=1S/C12H10F2O2/c1-2-3-7-4-11(15)16-12-9(7)5-8(13)6-10(12)14/h4-6H,2-3H2,1H3. The van der Waals surface area contributed by atoms with E-state index in [9.17, 15) is 13.6 Å². The van der Waals surface area contributed by atoms with Gasteiger partial charge < -0.3 is 4.42 Å². The minimum atomic E-state index is -0.843. The lowest BCUT2D eigenvalue weighted by molar-refractivity contribution is 0.514. The van der Waals surface area contributed by atoms with Crippen LogP contribution in [0.4, 0.5) is 8.78 Å². The molecule has 0 saturated heterocycles. The molecule has 0 radical (unpaired) electrons. The first-order valence-corrected chi connectivity index (χ1v) is 5.03. The van der Waals surface area contributed by atoms with E-state index in [0.29, 0.717) is 23.4 Å². The van der Waals surface area contributed by atoms with Crippen LogP contribution in [0.1, 0.15) is 18.9 Å². The molecule has 0 spiro atoms. The molecule has 1 heterocycles. The molecule has 2 nitrogen and oxygen atoms in total. The Hall–Kier alpha value is -1.71. The van der Waals surface area contributed by atoms with Crippen LogP contribution in [0, 0.1) is 11.6 Å². The predicted octanol–water partition coefficient (Wildman–Crippen LogP) is 3.02. The average Bonchev–Trinajstić information content (AvgIpc) is 2.20. The van der Waals surface area contributed by atoms with Gasteiger partial charge in [0.25, 0.3) is 0 Å². The Balaban J connectivity index is 2.84. The quantitative estimate of drug-likeness (QED) is 0.734. The lowest BCUT2D eigenvalue weighted by Gasteiger charge is -2.04. The van der Waals surface area contributed by atoms with Crippen LogP contribution < -0.4 is 5.63 Å². The summed E-state index contributed by atoms with van der Waals surface area (Å²) in [5.41, 5.74) is -0.161. The van der Waals surface area contributed by atoms with Gasteiger partial charge in [-0.3, -0.25) is 0 Å². The Labute approximate surface area is 90.5 Å². The Kier molecular flexibility index (Phi) is 2.73. The van der Waals surface area contributed by atoms with Gasteiger partial charge in [0, 0.05) is 17.5 Å². The highest BCUT2D eigenvalue weighted by atomic mass is 19.1. The monoisotopic (exact) mass is 224 g/mol. The average molecular weight is 224 g/mol. The molecule has 1 aromatic carbocycles. The molecule has 0 aliphatic carbocycles. The molecule has 0 atom stereocenters. The van der Waals surface area contributed by atoms with Crippen molar-refractivity contribution in [2.24, 2.45) is 0 Å². The van der Waals surface area contributed by atoms with Gasteiger partial charge in [-0.05, 0) is 18.1 Å².